The summed E-state index contributed by atoms with van der Waals surface area (Å²) in [6, 6.07) is 3.44. The van der Waals surface area contributed by atoms with Crippen LogP contribution in [-0.4, -0.2) is 17.6 Å². The van der Waals surface area contributed by atoms with Gasteiger partial charge in [0.05, 0.1) is 11.4 Å². The fraction of sp³-hybridized carbons (Fsp3) is 0.400. The van der Waals surface area contributed by atoms with Gasteiger partial charge in [0, 0.05) is 12.7 Å². The van der Waals surface area contributed by atoms with Crippen LogP contribution < -0.4 is 10.6 Å². The van der Waals surface area contributed by atoms with Gasteiger partial charge in [-0.05, 0) is 25.5 Å². The summed E-state index contributed by atoms with van der Waals surface area (Å²) in [5.74, 6) is 0. The second kappa shape index (κ2) is 5.21. The molecule has 0 fully saturated rings. The normalized spacial score (nSPS) is 9.57. The molecule has 1 rings (SSSR count). The van der Waals surface area contributed by atoms with Gasteiger partial charge in [0.15, 0.2) is 0 Å². The zero-order valence-electron chi connectivity index (χ0n) is 8.50. The van der Waals surface area contributed by atoms with E-state index in [0.717, 1.165) is 17.8 Å². The molecule has 4 nitrogen and oxygen atoms in total. The first-order valence-electron chi connectivity index (χ1n) is 4.70. The molecular formula is C10H15N3O. The Balaban J connectivity index is 2.52. The number of hydrogen-bond acceptors (Lipinski definition) is 2. The quantitative estimate of drug-likeness (QED) is 0.770. The summed E-state index contributed by atoms with van der Waals surface area (Å²) < 4.78 is 0. The van der Waals surface area contributed by atoms with Crippen molar-refractivity contribution >= 4 is 11.7 Å². The van der Waals surface area contributed by atoms with Crippen LogP contribution >= 0.6 is 0 Å². The number of aryl methyl sites for hydroxylation is 1. The molecule has 0 aliphatic carbocycles. The van der Waals surface area contributed by atoms with E-state index in [1.165, 1.54) is 0 Å². The highest BCUT2D eigenvalue weighted by Crippen LogP contribution is 2.09. The summed E-state index contributed by atoms with van der Waals surface area (Å²) in [6.45, 7) is 4.55. The van der Waals surface area contributed by atoms with Crippen molar-refractivity contribution in [3.63, 3.8) is 0 Å². The largest absolute Gasteiger partial charge is 0.338 e. The second-order valence-corrected chi connectivity index (χ2v) is 3.02. The Hall–Kier alpha value is -1.58. The van der Waals surface area contributed by atoms with E-state index in [4.69, 9.17) is 0 Å². The SMILES string of the molecule is CCCNC(=O)Nc1cccnc1C. The molecule has 0 unspecified atom stereocenters. The predicted octanol–water partition coefficient (Wildman–Crippen LogP) is 1.92. The topological polar surface area (TPSA) is 54.0 Å². The first-order chi connectivity index (χ1) is 6.74. The van der Waals surface area contributed by atoms with Crippen LogP contribution in [0.2, 0.25) is 0 Å². The molecule has 0 spiro atoms. The predicted molar refractivity (Wildman–Crippen MR) is 56.3 cm³/mol. The minimum absolute atomic E-state index is 0.178. The van der Waals surface area contributed by atoms with Crippen LogP contribution in [-0.2, 0) is 0 Å². The van der Waals surface area contributed by atoms with Crippen LogP contribution in [0.25, 0.3) is 0 Å². The number of carbonyl (C=O) groups excluding carboxylic acids is 1. The van der Waals surface area contributed by atoms with Crippen molar-refractivity contribution in [2.24, 2.45) is 0 Å². The van der Waals surface area contributed by atoms with Crippen molar-refractivity contribution in [3.05, 3.63) is 24.0 Å². The Morgan fingerprint density at radius 2 is 2.36 bits per heavy atom. The van der Waals surface area contributed by atoms with Gasteiger partial charge in [-0.3, -0.25) is 4.98 Å². The van der Waals surface area contributed by atoms with E-state index in [-0.39, 0.29) is 6.03 Å². The van der Waals surface area contributed by atoms with Crippen LogP contribution in [0, 0.1) is 6.92 Å². The van der Waals surface area contributed by atoms with Crippen molar-refractivity contribution < 1.29 is 4.79 Å². The first kappa shape index (κ1) is 10.5. The number of rotatable bonds is 3. The third kappa shape index (κ3) is 3.05. The minimum atomic E-state index is -0.178. The number of anilines is 1. The lowest BCUT2D eigenvalue weighted by Crippen LogP contribution is -2.29. The Kier molecular flexibility index (Phi) is 3.91. The summed E-state index contributed by atoms with van der Waals surface area (Å²) >= 11 is 0. The molecule has 1 aromatic rings. The molecule has 0 bridgehead atoms. The maximum absolute atomic E-state index is 11.3. The molecule has 0 saturated carbocycles. The van der Waals surface area contributed by atoms with Crippen molar-refractivity contribution in [2.75, 3.05) is 11.9 Å². The summed E-state index contributed by atoms with van der Waals surface area (Å²) in [4.78, 5) is 15.3. The van der Waals surface area contributed by atoms with Gasteiger partial charge in [0.2, 0.25) is 0 Å². The zero-order chi connectivity index (χ0) is 10.4. The number of aromatic nitrogens is 1. The van der Waals surface area contributed by atoms with Crippen molar-refractivity contribution in [1.29, 1.82) is 0 Å². The average Bonchev–Trinajstić information content (AvgIpc) is 2.18. The van der Waals surface area contributed by atoms with Gasteiger partial charge < -0.3 is 10.6 Å². The molecule has 0 saturated heterocycles. The third-order valence-corrected chi connectivity index (χ3v) is 1.79. The van der Waals surface area contributed by atoms with Crippen molar-refractivity contribution in [2.45, 2.75) is 20.3 Å². The van der Waals surface area contributed by atoms with E-state index in [2.05, 4.69) is 15.6 Å². The van der Waals surface area contributed by atoms with E-state index in [1.807, 2.05) is 19.9 Å². The number of urea groups is 1. The van der Waals surface area contributed by atoms with Gasteiger partial charge in [-0.25, -0.2) is 4.79 Å². The fourth-order valence-corrected chi connectivity index (χ4v) is 1.02. The third-order valence-electron chi connectivity index (χ3n) is 1.79. The summed E-state index contributed by atoms with van der Waals surface area (Å²) in [5, 5.41) is 5.46. The zero-order valence-corrected chi connectivity index (χ0v) is 8.50. The fourth-order valence-electron chi connectivity index (χ4n) is 1.02. The smallest absolute Gasteiger partial charge is 0.319 e. The van der Waals surface area contributed by atoms with Crippen molar-refractivity contribution in [3.8, 4) is 0 Å². The summed E-state index contributed by atoms with van der Waals surface area (Å²) in [5.41, 5.74) is 1.57. The molecule has 0 aromatic carbocycles. The van der Waals surface area contributed by atoms with Gasteiger partial charge in [-0.1, -0.05) is 6.92 Å². The number of pyridine rings is 1. The number of amides is 2. The Bertz CT molecular complexity index is 312. The Morgan fingerprint density at radius 1 is 1.57 bits per heavy atom. The molecule has 0 aliphatic rings. The van der Waals surface area contributed by atoms with Crippen LogP contribution in [0.3, 0.4) is 0 Å². The van der Waals surface area contributed by atoms with Gasteiger partial charge in [-0.2, -0.15) is 0 Å². The molecular weight excluding hydrogens is 178 g/mol. The molecule has 14 heavy (non-hydrogen) atoms. The highest BCUT2D eigenvalue weighted by Gasteiger charge is 2.02. The highest BCUT2D eigenvalue weighted by atomic mass is 16.2. The van der Waals surface area contributed by atoms with E-state index < -0.39 is 0 Å². The number of nitrogens with one attached hydrogen (secondary N) is 2. The lowest BCUT2D eigenvalue weighted by molar-refractivity contribution is 0.252. The molecule has 1 heterocycles. The summed E-state index contributed by atoms with van der Waals surface area (Å²) in [6.07, 6.45) is 2.63. The number of carbonyl (C=O) groups is 1. The van der Waals surface area contributed by atoms with Crippen LogP contribution in [0.15, 0.2) is 18.3 Å². The maximum atomic E-state index is 11.3. The molecule has 2 N–H and O–H groups in total. The van der Waals surface area contributed by atoms with Gasteiger partial charge in [-0.15, -0.1) is 0 Å². The molecule has 0 atom stereocenters. The van der Waals surface area contributed by atoms with Crippen LogP contribution in [0.4, 0.5) is 10.5 Å². The molecule has 4 heteroatoms. The summed E-state index contributed by atoms with van der Waals surface area (Å²) in [7, 11) is 0. The lowest BCUT2D eigenvalue weighted by Gasteiger charge is -2.07. The first-order valence-corrected chi connectivity index (χ1v) is 4.70. The highest BCUT2D eigenvalue weighted by molar-refractivity contribution is 5.89. The Morgan fingerprint density at radius 3 is 3.00 bits per heavy atom. The molecule has 76 valence electrons. The van der Waals surface area contributed by atoms with Crippen LogP contribution in [0.1, 0.15) is 19.0 Å². The second-order valence-electron chi connectivity index (χ2n) is 3.02. The molecule has 1 aromatic heterocycles. The van der Waals surface area contributed by atoms with E-state index >= 15 is 0 Å². The Labute approximate surface area is 83.7 Å². The standard InChI is InChI=1S/C10H15N3O/c1-3-6-12-10(14)13-9-5-4-7-11-8(9)2/h4-5,7H,3,6H2,1-2H3,(H2,12,13,14). The maximum Gasteiger partial charge on any atom is 0.319 e. The molecule has 0 aliphatic heterocycles. The monoisotopic (exact) mass is 193 g/mol. The average molecular weight is 193 g/mol. The van der Waals surface area contributed by atoms with Gasteiger partial charge in [0.25, 0.3) is 0 Å². The van der Waals surface area contributed by atoms with Gasteiger partial charge in [0.1, 0.15) is 0 Å². The minimum Gasteiger partial charge on any atom is -0.338 e. The van der Waals surface area contributed by atoms with Crippen LogP contribution in [0.5, 0.6) is 0 Å². The molecule has 0 radical (unpaired) electrons. The number of hydrogen-bond donors (Lipinski definition) is 2. The van der Waals surface area contributed by atoms with E-state index in [1.54, 1.807) is 12.3 Å². The van der Waals surface area contributed by atoms with Gasteiger partial charge >= 0.3 is 6.03 Å². The van der Waals surface area contributed by atoms with E-state index in [0.29, 0.717) is 6.54 Å². The number of nitrogens with zero attached hydrogens (tertiary/aromatic N) is 1. The van der Waals surface area contributed by atoms with E-state index in [9.17, 15) is 4.79 Å². The lowest BCUT2D eigenvalue weighted by atomic mass is 10.3. The van der Waals surface area contributed by atoms with Crippen molar-refractivity contribution in [1.82, 2.24) is 10.3 Å². The molecule has 2 amide bonds.